The molecule has 2 heteroatoms. The third kappa shape index (κ3) is 2.48. The molecule has 0 heterocycles. The van der Waals surface area contributed by atoms with Gasteiger partial charge < -0.3 is 5.11 Å². The Hall–Kier alpha value is 0.180. The number of aliphatic hydroxyl groups excluding tert-OH is 1. The van der Waals surface area contributed by atoms with E-state index in [2.05, 4.69) is 25.0 Å². The van der Waals surface area contributed by atoms with E-state index in [-0.39, 0.29) is 0 Å². The summed E-state index contributed by atoms with van der Waals surface area (Å²) in [6.07, 6.45) is 8.41. The molecule has 0 aromatic heterocycles. The highest BCUT2D eigenvalue weighted by molar-refractivity contribution is 8.45. The standard InChI is InChI=1S/C6H16OS/c1-6(7)8(2,3,4)5/h7H,1-5H3. The first-order valence-corrected chi connectivity index (χ1v) is 6.23. The smallest absolute Gasteiger partial charge is 0.0540 e. The Kier molecular flexibility index (Phi) is 1.61. The monoisotopic (exact) mass is 136 g/mol. The zero-order valence-corrected chi connectivity index (χ0v) is 7.17. The van der Waals surface area contributed by atoms with E-state index >= 15 is 0 Å². The summed E-state index contributed by atoms with van der Waals surface area (Å²) in [5, 5.41) is 9.70. The molecule has 0 radical (unpaired) electrons. The molecule has 0 aromatic carbocycles. The summed E-state index contributed by atoms with van der Waals surface area (Å²) in [6, 6.07) is 0. The molecule has 0 aliphatic carbocycles. The average molecular weight is 136 g/mol. The Balaban J connectivity index is 4.92. The second kappa shape index (κ2) is 1.58. The highest BCUT2D eigenvalue weighted by atomic mass is 32.3. The number of aliphatic hydroxyl groups is 1. The average Bonchev–Trinajstić information content (AvgIpc) is 1.27. The number of hydrogen-bond donors (Lipinski definition) is 1. The van der Waals surface area contributed by atoms with E-state index in [4.69, 9.17) is 5.11 Å². The van der Waals surface area contributed by atoms with Crippen LogP contribution in [-0.4, -0.2) is 35.2 Å². The Bertz CT molecular complexity index is 134. The molecule has 0 bridgehead atoms. The van der Waals surface area contributed by atoms with Crippen LogP contribution in [0.3, 0.4) is 0 Å². The largest absolute Gasteiger partial charge is 0.361 e. The van der Waals surface area contributed by atoms with E-state index in [1.807, 2.05) is 0 Å². The second-order valence-corrected chi connectivity index (χ2v) is 10.9. The quantitative estimate of drug-likeness (QED) is 0.501. The normalized spacial score (nSPS) is 17.0. The van der Waals surface area contributed by atoms with Crippen molar-refractivity contribution in [1.29, 1.82) is 0 Å². The van der Waals surface area contributed by atoms with Crippen LogP contribution in [0, 0.1) is 0 Å². The highest BCUT2D eigenvalue weighted by Gasteiger charge is 2.09. The predicted molar refractivity (Wildman–Crippen MR) is 44.6 cm³/mol. The highest BCUT2D eigenvalue weighted by Crippen LogP contribution is 2.43. The van der Waals surface area contributed by atoms with Crippen LogP contribution in [0.2, 0.25) is 0 Å². The number of hydrogen-bond acceptors (Lipinski definition) is 0. The van der Waals surface area contributed by atoms with E-state index in [0.29, 0.717) is 5.05 Å². The zero-order valence-electron chi connectivity index (χ0n) is 6.36. The maximum Gasteiger partial charge on any atom is 0.0540 e. The first kappa shape index (κ1) is 8.18. The fraction of sp³-hybridized carbons (Fsp3) is 0.833. The molecule has 0 aromatic rings. The van der Waals surface area contributed by atoms with Gasteiger partial charge in [0.2, 0.25) is 0 Å². The van der Waals surface area contributed by atoms with E-state index in [1.165, 1.54) is 0 Å². The zero-order chi connectivity index (χ0) is 7.02. The Morgan fingerprint density at radius 1 is 1.12 bits per heavy atom. The molecule has 0 atom stereocenters. The Labute approximate surface area is 51.6 Å². The molecule has 0 aliphatic rings. The van der Waals surface area contributed by atoms with E-state index in [1.54, 1.807) is 6.92 Å². The Morgan fingerprint density at radius 3 is 1.25 bits per heavy atom. The van der Waals surface area contributed by atoms with Crippen LogP contribution in [0.25, 0.3) is 0 Å². The van der Waals surface area contributed by atoms with Crippen molar-refractivity contribution in [1.82, 2.24) is 0 Å². The third-order valence-electron chi connectivity index (χ3n) is 1.18. The van der Waals surface area contributed by atoms with E-state index < -0.39 is 8.75 Å². The minimum atomic E-state index is -1.49. The van der Waals surface area contributed by atoms with Gasteiger partial charge in [-0.2, -0.15) is 0 Å². The van der Waals surface area contributed by atoms with Gasteiger partial charge >= 0.3 is 0 Å². The van der Waals surface area contributed by atoms with Crippen LogP contribution < -0.4 is 0 Å². The van der Waals surface area contributed by atoms with Crippen molar-refractivity contribution in [3.63, 3.8) is 0 Å². The van der Waals surface area contributed by atoms with Crippen molar-refractivity contribution in [3.05, 3.63) is 0 Å². The van der Waals surface area contributed by atoms with Crippen molar-refractivity contribution in [2.75, 3.05) is 25.0 Å². The summed E-state index contributed by atoms with van der Waals surface area (Å²) in [7, 11) is -1.49. The molecule has 8 heavy (non-hydrogen) atoms. The molecular weight excluding hydrogens is 120 g/mol. The second-order valence-electron chi connectivity index (χ2n) is 3.79. The first-order chi connectivity index (χ1) is 3.20. The maximum atomic E-state index is 9.11. The third-order valence-corrected chi connectivity index (χ3v) is 3.54. The summed E-state index contributed by atoms with van der Waals surface area (Å²) < 4.78 is 0. The van der Waals surface area contributed by atoms with Crippen molar-refractivity contribution >= 4 is 13.8 Å². The summed E-state index contributed by atoms with van der Waals surface area (Å²) in [4.78, 5) is 0. The molecule has 0 rings (SSSR count). The fourth-order valence-electron chi connectivity index (χ4n) is 0. The molecule has 0 fully saturated rings. The lowest BCUT2D eigenvalue weighted by molar-refractivity contribution is 0.563. The van der Waals surface area contributed by atoms with E-state index in [0.717, 1.165) is 0 Å². The molecule has 1 N–H and O–H groups in total. The molecule has 0 amide bonds. The predicted octanol–water partition coefficient (Wildman–Crippen LogP) is 1.55. The molecule has 0 unspecified atom stereocenters. The van der Waals surface area contributed by atoms with Crippen LogP contribution in [0.1, 0.15) is 6.92 Å². The fourth-order valence-corrected chi connectivity index (χ4v) is 0. The SMILES string of the molecule is CC(O)=S(C)(C)(C)C. The van der Waals surface area contributed by atoms with Gasteiger partial charge in [-0.1, -0.05) is 0 Å². The molecule has 0 spiro atoms. The van der Waals surface area contributed by atoms with Crippen molar-refractivity contribution in [3.8, 4) is 0 Å². The van der Waals surface area contributed by atoms with Gasteiger partial charge in [0, 0.05) is 0 Å². The van der Waals surface area contributed by atoms with Gasteiger partial charge in [-0.15, -0.1) is 0 Å². The molecule has 0 aliphatic heterocycles. The van der Waals surface area contributed by atoms with E-state index in [9.17, 15) is 0 Å². The van der Waals surface area contributed by atoms with Gasteiger partial charge in [0.05, 0.1) is 5.05 Å². The van der Waals surface area contributed by atoms with Crippen molar-refractivity contribution in [2.24, 2.45) is 0 Å². The molecule has 0 saturated carbocycles. The Morgan fingerprint density at radius 2 is 1.25 bits per heavy atom. The summed E-state index contributed by atoms with van der Waals surface area (Å²) >= 11 is 0. The lowest BCUT2D eigenvalue weighted by Crippen LogP contribution is -2.09. The van der Waals surface area contributed by atoms with Gasteiger partial charge in [-0.25, -0.2) is 8.75 Å². The van der Waals surface area contributed by atoms with Crippen LogP contribution >= 0.6 is 8.75 Å². The molecule has 52 valence electrons. The minimum Gasteiger partial charge on any atom is -0.361 e. The van der Waals surface area contributed by atoms with Crippen molar-refractivity contribution in [2.45, 2.75) is 6.92 Å². The maximum absolute atomic E-state index is 9.11. The van der Waals surface area contributed by atoms with Crippen LogP contribution in [0.5, 0.6) is 0 Å². The van der Waals surface area contributed by atoms with Gasteiger partial charge in [0.25, 0.3) is 0 Å². The van der Waals surface area contributed by atoms with Crippen LogP contribution in [-0.2, 0) is 0 Å². The van der Waals surface area contributed by atoms with Gasteiger partial charge in [0.15, 0.2) is 0 Å². The lowest BCUT2D eigenvalue weighted by atomic mass is 10.9. The summed E-state index contributed by atoms with van der Waals surface area (Å²) in [6.45, 7) is 1.78. The van der Waals surface area contributed by atoms with Crippen LogP contribution in [0.4, 0.5) is 0 Å². The van der Waals surface area contributed by atoms with Crippen molar-refractivity contribution < 1.29 is 5.11 Å². The number of rotatable bonds is 0. The first-order valence-electron chi connectivity index (χ1n) is 2.56. The lowest BCUT2D eigenvalue weighted by Gasteiger charge is -2.33. The summed E-state index contributed by atoms with van der Waals surface area (Å²) in [5.41, 5.74) is 0. The van der Waals surface area contributed by atoms with Gasteiger partial charge in [-0.3, -0.25) is 0 Å². The van der Waals surface area contributed by atoms with Gasteiger partial charge in [0.1, 0.15) is 0 Å². The summed E-state index contributed by atoms with van der Waals surface area (Å²) in [5.74, 6) is 0. The minimum absolute atomic E-state index is 0.585. The van der Waals surface area contributed by atoms with Crippen LogP contribution in [0.15, 0.2) is 0 Å². The van der Waals surface area contributed by atoms with Gasteiger partial charge in [-0.05, 0) is 31.9 Å². The molecule has 0 saturated heterocycles. The molecular formula is C6H16OS. The topological polar surface area (TPSA) is 20.2 Å². The molecule has 1 nitrogen and oxygen atoms in total.